The van der Waals surface area contributed by atoms with Crippen LogP contribution in [0.2, 0.25) is 0 Å². The van der Waals surface area contributed by atoms with Gasteiger partial charge in [-0.25, -0.2) is 4.79 Å². The number of carbonyl (C=O) groups excluding carboxylic acids is 2. The van der Waals surface area contributed by atoms with Gasteiger partial charge in [-0.2, -0.15) is 0 Å². The predicted molar refractivity (Wildman–Crippen MR) is 106 cm³/mol. The van der Waals surface area contributed by atoms with Crippen LogP contribution in [-0.4, -0.2) is 25.6 Å². The normalized spacial score (nSPS) is 10.3. The van der Waals surface area contributed by atoms with Crippen molar-refractivity contribution in [3.05, 3.63) is 54.9 Å². The summed E-state index contributed by atoms with van der Waals surface area (Å²) < 4.78 is 12.6. The fourth-order valence-corrected chi connectivity index (χ4v) is 4.48. The Labute approximate surface area is 170 Å². The minimum Gasteiger partial charge on any atom is -0.481 e. The predicted octanol–water partition coefficient (Wildman–Crippen LogP) is 5.09. The number of methoxy groups -OCH3 is 1. The first-order chi connectivity index (χ1) is 11.8. The Morgan fingerprint density at radius 1 is 1.08 bits per heavy atom. The molecule has 2 aromatic rings. The highest BCUT2D eigenvalue weighted by Crippen LogP contribution is 2.36. The molecule has 1 amide bonds. The molecule has 0 saturated carbocycles. The maximum Gasteiger partial charge on any atom is 0.337 e. The molecule has 5 nitrogen and oxygen atoms in total. The fourth-order valence-electron chi connectivity index (χ4n) is 1.99. The van der Waals surface area contributed by atoms with Crippen LogP contribution in [0.1, 0.15) is 15.9 Å². The lowest BCUT2D eigenvalue weighted by Crippen LogP contribution is -2.21. The molecule has 0 radical (unpaired) electrons. The molecule has 0 fully saturated rings. The first-order valence-electron chi connectivity index (χ1n) is 7.08. The van der Waals surface area contributed by atoms with E-state index in [1.165, 1.54) is 7.11 Å². The molecule has 8 heteroatoms. The smallest absolute Gasteiger partial charge is 0.337 e. The number of amides is 1. The van der Waals surface area contributed by atoms with E-state index >= 15 is 0 Å². The highest BCUT2D eigenvalue weighted by Gasteiger charge is 2.13. The largest absolute Gasteiger partial charge is 0.481 e. The molecule has 0 aliphatic heterocycles. The summed E-state index contributed by atoms with van der Waals surface area (Å²) in [6.45, 7) is 1.65. The van der Waals surface area contributed by atoms with Gasteiger partial charge in [0, 0.05) is 10.2 Å². The number of ether oxygens (including phenoxy) is 2. The first-order valence-corrected chi connectivity index (χ1v) is 9.46. The number of anilines is 1. The van der Waals surface area contributed by atoms with Crippen molar-refractivity contribution in [3.8, 4) is 5.75 Å². The third kappa shape index (κ3) is 5.29. The number of halogens is 3. The van der Waals surface area contributed by atoms with Gasteiger partial charge in [0.15, 0.2) is 6.61 Å². The van der Waals surface area contributed by atoms with Crippen molar-refractivity contribution in [2.24, 2.45) is 0 Å². The zero-order valence-electron chi connectivity index (χ0n) is 13.4. The van der Waals surface area contributed by atoms with E-state index in [1.807, 2.05) is 19.1 Å². The molecule has 0 saturated heterocycles. The fraction of sp³-hybridized carbons (Fsp3) is 0.176. The number of hydrogen-bond acceptors (Lipinski definition) is 4. The maximum atomic E-state index is 12.2. The Hall–Kier alpha value is -1.38. The summed E-state index contributed by atoms with van der Waals surface area (Å²) in [5.74, 6) is -0.278. The lowest BCUT2D eigenvalue weighted by Gasteiger charge is -2.13. The molecule has 0 spiro atoms. The second kappa shape index (κ2) is 8.82. The van der Waals surface area contributed by atoms with Crippen molar-refractivity contribution in [3.63, 3.8) is 0 Å². The van der Waals surface area contributed by atoms with E-state index in [-0.39, 0.29) is 12.5 Å². The summed E-state index contributed by atoms with van der Waals surface area (Å²) in [7, 11) is 1.31. The molecule has 2 aromatic carbocycles. The van der Waals surface area contributed by atoms with Gasteiger partial charge in [0.25, 0.3) is 5.91 Å². The Morgan fingerprint density at radius 2 is 1.72 bits per heavy atom. The van der Waals surface area contributed by atoms with Crippen LogP contribution in [0.4, 0.5) is 5.69 Å². The zero-order chi connectivity index (χ0) is 18.6. The van der Waals surface area contributed by atoms with Crippen LogP contribution < -0.4 is 10.1 Å². The van der Waals surface area contributed by atoms with Gasteiger partial charge in [0.1, 0.15) is 5.75 Å². The molecular weight excluding hydrogens is 522 g/mol. The molecule has 0 unspecified atom stereocenters. The van der Waals surface area contributed by atoms with E-state index in [9.17, 15) is 9.59 Å². The summed E-state index contributed by atoms with van der Waals surface area (Å²) >= 11 is 10.2. The first kappa shape index (κ1) is 19.9. The van der Waals surface area contributed by atoms with Gasteiger partial charge in [0.2, 0.25) is 0 Å². The monoisotopic (exact) mass is 533 g/mol. The summed E-state index contributed by atoms with van der Waals surface area (Å²) in [5.41, 5.74) is 1.72. The van der Waals surface area contributed by atoms with Gasteiger partial charge >= 0.3 is 5.97 Å². The molecule has 0 aliphatic rings. The van der Waals surface area contributed by atoms with Crippen LogP contribution in [0.25, 0.3) is 0 Å². The lowest BCUT2D eigenvalue weighted by atomic mass is 10.1. The summed E-state index contributed by atoms with van der Waals surface area (Å²) in [6, 6.07) is 8.60. The molecule has 0 bridgehead atoms. The van der Waals surface area contributed by atoms with Crippen LogP contribution in [0, 0.1) is 6.92 Å². The average molecular weight is 536 g/mol. The Balaban J connectivity index is 2.07. The van der Waals surface area contributed by atoms with Crippen LogP contribution in [-0.2, 0) is 9.53 Å². The standard InChI is InChI=1S/C17H14Br3NO4/c1-9-3-4-10(17(23)24-2)5-14(9)21-15(22)8-25-16-12(19)6-11(18)7-13(16)20/h3-7H,8H2,1-2H3,(H,21,22). The van der Waals surface area contributed by atoms with Gasteiger partial charge in [-0.3, -0.25) is 4.79 Å². The third-order valence-corrected chi connectivity index (χ3v) is 4.88. The quantitative estimate of drug-likeness (QED) is 0.542. The number of esters is 1. The molecule has 0 atom stereocenters. The summed E-state index contributed by atoms with van der Waals surface area (Å²) in [5, 5.41) is 2.74. The number of rotatable bonds is 5. The van der Waals surface area contributed by atoms with Gasteiger partial charge in [-0.1, -0.05) is 22.0 Å². The minimum atomic E-state index is -0.463. The molecular formula is C17H14Br3NO4. The third-order valence-electron chi connectivity index (χ3n) is 3.24. The van der Waals surface area contributed by atoms with Crippen molar-refractivity contribution in [1.29, 1.82) is 0 Å². The van der Waals surface area contributed by atoms with Crippen molar-refractivity contribution in [2.45, 2.75) is 6.92 Å². The maximum absolute atomic E-state index is 12.2. The Kier molecular flexibility index (Phi) is 7.04. The van der Waals surface area contributed by atoms with Crippen molar-refractivity contribution < 1.29 is 19.1 Å². The SMILES string of the molecule is COC(=O)c1ccc(C)c(NC(=O)COc2c(Br)cc(Br)cc2Br)c1. The van der Waals surface area contributed by atoms with E-state index in [4.69, 9.17) is 4.74 Å². The van der Waals surface area contributed by atoms with E-state index < -0.39 is 5.97 Å². The number of hydrogen-bond donors (Lipinski definition) is 1. The molecule has 1 N–H and O–H groups in total. The molecule has 0 aliphatic carbocycles. The van der Waals surface area contributed by atoms with E-state index in [0.29, 0.717) is 25.9 Å². The van der Waals surface area contributed by atoms with Gasteiger partial charge in [0.05, 0.1) is 21.6 Å². The molecule has 0 aromatic heterocycles. The Bertz CT molecular complexity index is 801. The van der Waals surface area contributed by atoms with Crippen LogP contribution >= 0.6 is 47.8 Å². The highest BCUT2D eigenvalue weighted by atomic mass is 79.9. The number of benzene rings is 2. The molecule has 132 valence electrons. The van der Waals surface area contributed by atoms with Crippen LogP contribution in [0.3, 0.4) is 0 Å². The molecule has 25 heavy (non-hydrogen) atoms. The summed E-state index contributed by atoms with van der Waals surface area (Å²) in [4.78, 5) is 23.8. The molecule has 0 heterocycles. The van der Waals surface area contributed by atoms with Crippen LogP contribution in [0.15, 0.2) is 43.7 Å². The topological polar surface area (TPSA) is 64.6 Å². The van der Waals surface area contributed by atoms with Crippen LogP contribution in [0.5, 0.6) is 5.75 Å². The van der Waals surface area contributed by atoms with Crippen molar-refractivity contribution in [1.82, 2.24) is 0 Å². The van der Waals surface area contributed by atoms with Crippen molar-refractivity contribution >= 4 is 65.4 Å². The van der Waals surface area contributed by atoms with E-state index in [1.54, 1.807) is 18.2 Å². The minimum absolute atomic E-state index is 0.180. The second-order valence-electron chi connectivity index (χ2n) is 5.06. The van der Waals surface area contributed by atoms with E-state index in [2.05, 4.69) is 57.8 Å². The van der Waals surface area contributed by atoms with Gasteiger partial charge < -0.3 is 14.8 Å². The molecule has 2 rings (SSSR count). The summed E-state index contributed by atoms with van der Waals surface area (Å²) in [6.07, 6.45) is 0. The number of carbonyl (C=O) groups is 2. The van der Waals surface area contributed by atoms with Crippen molar-refractivity contribution in [2.75, 3.05) is 19.0 Å². The van der Waals surface area contributed by atoms with E-state index in [0.717, 1.165) is 10.0 Å². The second-order valence-corrected chi connectivity index (χ2v) is 7.68. The number of aryl methyl sites for hydroxylation is 1. The van der Waals surface area contributed by atoms with Gasteiger partial charge in [-0.05, 0) is 68.6 Å². The zero-order valence-corrected chi connectivity index (χ0v) is 18.1. The Morgan fingerprint density at radius 3 is 2.32 bits per heavy atom. The lowest BCUT2D eigenvalue weighted by molar-refractivity contribution is -0.118. The highest BCUT2D eigenvalue weighted by molar-refractivity contribution is 9.11. The number of nitrogens with one attached hydrogen (secondary N) is 1. The van der Waals surface area contributed by atoms with Gasteiger partial charge in [-0.15, -0.1) is 0 Å². The average Bonchev–Trinajstić information content (AvgIpc) is 2.55.